The second kappa shape index (κ2) is 6.95. The van der Waals surface area contributed by atoms with Crippen LogP contribution >= 0.6 is 0 Å². The molecule has 0 saturated heterocycles. The van der Waals surface area contributed by atoms with Crippen molar-refractivity contribution in [1.82, 2.24) is 4.90 Å². The highest BCUT2D eigenvalue weighted by atomic mass is 19.1. The first-order valence-electron chi connectivity index (χ1n) is 8.44. The fourth-order valence-electron chi connectivity index (χ4n) is 3.04. The molecule has 1 aliphatic heterocycles. The van der Waals surface area contributed by atoms with Crippen LogP contribution in [0.3, 0.4) is 0 Å². The van der Waals surface area contributed by atoms with Crippen LogP contribution in [0.2, 0.25) is 0 Å². The number of halogens is 2. The zero-order chi connectivity index (χ0) is 19.8. The van der Waals surface area contributed by atoms with Gasteiger partial charge in [0.2, 0.25) is 0 Å². The largest absolute Gasteiger partial charge is 0.477 e. The van der Waals surface area contributed by atoms with E-state index in [1.54, 1.807) is 26.8 Å². The number of Topliss-reactive ketones (excluding diaryl/α,β-unsaturated/α-hetero) is 1. The van der Waals surface area contributed by atoms with Crippen LogP contribution in [-0.4, -0.2) is 28.9 Å². The first-order chi connectivity index (χ1) is 12.7. The van der Waals surface area contributed by atoms with E-state index in [-0.39, 0.29) is 29.2 Å². The maximum Gasteiger partial charge on any atom is 0.261 e. The number of ether oxygens (including phenoxy) is 1. The molecule has 2 aromatic rings. The van der Waals surface area contributed by atoms with Gasteiger partial charge in [0.05, 0.1) is 5.57 Å². The average Bonchev–Trinajstić information content (AvgIpc) is 2.63. The molecule has 27 heavy (non-hydrogen) atoms. The molecule has 1 heterocycles. The fraction of sp³-hybridized carbons (Fsp3) is 0.238. The van der Waals surface area contributed by atoms with E-state index < -0.39 is 23.1 Å². The lowest BCUT2D eigenvalue weighted by Crippen LogP contribution is -2.55. The summed E-state index contributed by atoms with van der Waals surface area (Å²) < 4.78 is 33.0. The number of allylic oxidation sites excluding steroid dienone is 1. The van der Waals surface area contributed by atoms with Crippen molar-refractivity contribution in [2.24, 2.45) is 0 Å². The van der Waals surface area contributed by atoms with Crippen LogP contribution in [0, 0.1) is 11.6 Å². The van der Waals surface area contributed by atoms with E-state index in [0.717, 1.165) is 0 Å². The molecule has 0 fully saturated rings. The van der Waals surface area contributed by atoms with Gasteiger partial charge in [-0.1, -0.05) is 18.2 Å². The summed E-state index contributed by atoms with van der Waals surface area (Å²) in [5.74, 6) is -1.57. The Hall–Kier alpha value is -3.02. The number of amides is 1. The van der Waals surface area contributed by atoms with Gasteiger partial charge in [-0.2, -0.15) is 0 Å². The first-order valence-corrected chi connectivity index (χ1v) is 8.44. The van der Waals surface area contributed by atoms with E-state index >= 15 is 0 Å². The summed E-state index contributed by atoms with van der Waals surface area (Å²) in [6, 6.07) is 11.0. The molecule has 140 valence electrons. The zero-order valence-corrected chi connectivity index (χ0v) is 15.3. The van der Waals surface area contributed by atoms with E-state index in [9.17, 15) is 18.4 Å². The molecule has 4 nitrogen and oxygen atoms in total. The molecule has 0 aromatic heterocycles. The lowest BCUT2D eigenvalue weighted by atomic mass is 9.89. The van der Waals surface area contributed by atoms with Crippen molar-refractivity contribution in [2.75, 3.05) is 6.73 Å². The van der Waals surface area contributed by atoms with Crippen LogP contribution in [0.1, 0.15) is 36.7 Å². The summed E-state index contributed by atoms with van der Waals surface area (Å²) in [5.41, 5.74) is -0.798. The Morgan fingerprint density at radius 2 is 1.70 bits per heavy atom. The van der Waals surface area contributed by atoms with E-state index in [4.69, 9.17) is 4.74 Å². The van der Waals surface area contributed by atoms with Crippen molar-refractivity contribution < 1.29 is 23.1 Å². The van der Waals surface area contributed by atoms with Crippen molar-refractivity contribution in [3.63, 3.8) is 0 Å². The topological polar surface area (TPSA) is 46.6 Å². The molecule has 0 N–H and O–H groups in total. The van der Waals surface area contributed by atoms with Gasteiger partial charge in [0.15, 0.2) is 12.5 Å². The van der Waals surface area contributed by atoms with Gasteiger partial charge in [-0.25, -0.2) is 8.78 Å². The highest BCUT2D eigenvalue weighted by Gasteiger charge is 2.42. The predicted molar refractivity (Wildman–Crippen MR) is 96.6 cm³/mol. The number of carbonyl (C=O) groups is 2. The minimum Gasteiger partial charge on any atom is -0.477 e. The van der Waals surface area contributed by atoms with Gasteiger partial charge >= 0.3 is 0 Å². The molecule has 6 heteroatoms. The van der Waals surface area contributed by atoms with Crippen molar-refractivity contribution in [3.8, 4) is 0 Å². The smallest absolute Gasteiger partial charge is 0.261 e. The van der Waals surface area contributed by atoms with E-state index in [1.807, 2.05) is 0 Å². The molecule has 0 spiro atoms. The minimum absolute atomic E-state index is 0.0827. The highest BCUT2D eigenvalue weighted by molar-refractivity contribution is 6.22. The average molecular weight is 371 g/mol. The van der Waals surface area contributed by atoms with Crippen LogP contribution < -0.4 is 0 Å². The first kappa shape index (κ1) is 18.8. The quantitative estimate of drug-likeness (QED) is 0.758. The zero-order valence-electron chi connectivity index (χ0n) is 15.3. The Labute approximate surface area is 156 Å². The molecule has 3 rings (SSSR count). The standard InChI is InChI=1S/C21H19F2NO3/c1-13-18(16-6-4-5-7-17(16)23)20(26)24(12-27-13)21(2,3)19(25)14-8-10-15(22)11-9-14/h4-11H,12H2,1-3H3. The van der Waals surface area contributed by atoms with E-state index in [2.05, 4.69) is 0 Å². The number of rotatable bonds is 4. The van der Waals surface area contributed by atoms with Crippen LogP contribution in [0.5, 0.6) is 0 Å². The maximum atomic E-state index is 14.2. The summed E-state index contributed by atoms with van der Waals surface area (Å²) >= 11 is 0. The SMILES string of the molecule is CC1=C(c2ccccc2F)C(=O)N(C(C)(C)C(=O)c2ccc(F)cc2)CO1. The Kier molecular flexibility index (Phi) is 4.83. The van der Waals surface area contributed by atoms with E-state index in [1.165, 1.54) is 47.4 Å². The second-order valence-corrected chi connectivity index (χ2v) is 6.81. The molecular weight excluding hydrogens is 352 g/mol. The second-order valence-electron chi connectivity index (χ2n) is 6.81. The Balaban J connectivity index is 1.98. The number of hydrogen-bond donors (Lipinski definition) is 0. The van der Waals surface area contributed by atoms with Gasteiger partial charge in [-0.3, -0.25) is 14.5 Å². The molecule has 0 aliphatic carbocycles. The Bertz CT molecular complexity index is 933. The third-order valence-corrected chi connectivity index (χ3v) is 4.70. The van der Waals surface area contributed by atoms with E-state index in [0.29, 0.717) is 5.76 Å². The number of hydrogen-bond acceptors (Lipinski definition) is 3. The van der Waals surface area contributed by atoms with Crippen LogP contribution in [0.25, 0.3) is 5.57 Å². The summed E-state index contributed by atoms with van der Waals surface area (Å²) in [6.45, 7) is 4.62. The molecule has 0 atom stereocenters. The molecule has 1 aliphatic rings. The normalized spacial score (nSPS) is 15.0. The van der Waals surface area contributed by atoms with Gasteiger partial charge in [-0.15, -0.1) is 0 Å². The highest BCUT2D eigenvalue weighted by Crippen LogP contribution is 2.33. The molecule has 0 bridgehead atoms. The molecule has 0 unspecified atom stereocenters. The Morgan fingerprint density at radius 1 is 1.07 bits per heavy atom. The summed E-state index contributed by atoms with van der Waals surface area (Å²) in [5, 5.41) is 0. The summed E-state index contributed by atoms with van der Waals surface area (Å²) in [7, 11) is 0. The predicted octanol–water partition coefficient (Wildman–Crippen LogP) is 4.17. The third-order valence-electron chi connectivity index (χ3n) is 4.70. The van der Waals surface area contributed by atoms with Crippen molar-refractivity contribution in [1.29, 1.82) is 0 Å². The lowest BCUT2D eigenvalue weighted by molar-refractivity contribution is -0.136. The summed E-state index contributed by atoms with van der Waals surface area (Å²) in [4.78, 5) is 27.3. The van der Waals surface area contributed by atoms with Crippen LogP contribution in [-0.2, 0) is 9.53 Å². The van der Waals surface area contributed by atoms with Gasteiger partial charge in [0.25, 0.3) is 5.91 Å². The van der Waals surface area contributed by atoms with Crippen molar-refractivity contribution >= 4 is 17.3 Å². The van der Waals surface area contributed by atoms with Crippen molar-refractivity contribution in [3.05, 3.63) is 77.1 Å². The van der Waals surface area contributed by atoms with Gasteiger partial charge in [-0.05, 0) is 51.1 Å². The van der Waals surface area contributed by atoms with Crippen molar-refractivity contribution in [2.45, 2.75) is 26.3 Å². The summed E-state index contributed by atoms with van der Waals surface area (Å²) in [6.07, 6.45) is 0. The monoisotopic (exact) mass is 371 g/mol. The van der Waals surface area contributed by atoms with Gasteiger partial charge in [0, 0.05) is 11.1 Å². The molecule has 0 radical (unpaired) electrons. The number of carbonyl (C=O) groups excluding carboxylic acids is 2. The van der Waals surface area contributed by atoms with Gasteiger partial charge < -0.3 is 4.74 Å². The molecule has 2 aromatic carbocycles. The maximum absolute atomic E-state index is 14.2. The number of benzene rings is 2. The Morgan fingerprint density at radius 3 is 2.33 bits per heavy atom. The number of nitrogens with zero attached hydrogens (tertiary/aromatic N) is 1. The molecule has 0 saturated carbocycles. The third kappa shape index (κ3) is 3.35. The molecule has 1 amide bonds. The number of ketones is 1. The van der Waals surface area contributed by atoms with Crippen LogP contribution in [0.15, 0.2) is 54.3 Å². The fourth-order valence-corrected chi connectivity index (χ4v) is 3.04. The van der Waals surface area contributed by atoms with Crippen LogP contribution in [0.4, 0.5) is 8.78 Å². The molecular formula is C21H19F2NO3. The minimum atomic E-state index is -1.27. The van der Waals surface area contributed by atoms with Gasteiger partial charge in [0.1, 0.15) is 22.9 Å². The lowest BCUT2D eigenvalue weighted by Gasteiger charge is -2.40.